The number of hydrogen-bond donors (Lipinski definition) is 0. The van der Waals surface area contributed by atoms with Gasteiger partial charge in [0.05, 0.1) is 13.5 Å². The van der Waals surface area contributed by atoms with Crippen molar-refractivity contribution < 1.29 is 9.53 Å². The topological polar surface area (TPSA) is 26.3 Å². The van der Waals surface area contributed by atoms with E-state index in [1.165, 1.54) is 12.0 Å². The summed E-state index contributed by atoms with van der Waals surface area (Å²) in [7, 11) is 1.45. The molecule has 3 heteroatoms. The fraction of sp³-hybridized carbons (Fsp3) is 0.583. The van der Waals surface area contributed by atoms with Gasteiger partial charge in [-0.1, -0.05) is 19.9 Å². The molecule has 0 saturated carbocycles. The first-order valence-electron chi connectivity index (χ1n) is 5.23. The first-order valence-corrected chi connectivity index (χ1v) is 6.11. The van der Waals surface area contributed by atoms with Crippen molar-refractivity contribution in [2.24, 2.45) is 5.92 Å². The lowest BCUT2D eigenvalue weighted by Crippen LogP contribution is -2.09. The molecule has 0 radical (unpaired) electrons. The van der Waals surface area contributed by atoms with E-state index in [-0.39, 0.29) is 5.97 Å². The molecule has 1 heterocycles. The highest BCUT2D eigenvalue weighted by Gasteiger charge is 2.18. The number of methoxy groups -OCH3 is 1. The minimum absolute atomic E-state index is 0.117. The Morgan fingerprint density at radius 2 is 2.27 bits per heavy atom. The van der Waals surface area contributed by atoms with E-state index in [1.807, 2.05) is 6.07 Å². The van der Waals surface area contributed by atoms with Gasteiger partial charge in [0.2, 0.25) is 0 Å². The summed E-state index contributed by atoms with van der Waals surface area (Å²) in [6.45, 7) is 4.36. The normalized spacial score (nSPS) is 12.8. The molecule has 84 valence electrons. The van der Waals surface area contributed by atoms with Crippen molar-refractivity contribution in [2.75, 3.05) is 7.11 Å². The quantitative estimate of drug-likeness (QED) is 0.719. The van der Waals surface area contributed by atoms with Crippen molar-refractivity contribution in [3.63, 3.8) is 0 Å². The van der Waals surface area contributed by atoms with Gasteiger partial charge in [0.1, 0.15) is 0 Å². The summed E-state index contributed by atoms with van der Waals surface area (Å²) in [4.78, 5) is 12.6. The van der Waals surface area contributed by atoms with Crippen molar-refractivity contribution >= 4 is 17.3 Å². The third-order valence-corrected chi connectivity index (χ3v) is 3.38. The Bertz CT molecular complexity index is 291. The van der Waals surface area contributed by atoms with E-state index in [4.69, 9.17) is 4.74 Å². The Morgan fingerprint density at radius 1 is 1.53 bits per heavy atom. The lowest BCUT2D eigenvalue weighted by atomic mass is 9.93. The van der Waals surface area contributed by atoms with Crippen LogP contribution in [-0.2, 0) is 9.53 Å². The van der Waals surface area contributed by atoms with E-state index in [1.54, 1.807) is 11.3 Å². The van der Waals surface area contributed by atoms with Gasteiger partial charge in [-0.25, -0.2) is 0 Å². The van der Waals surface area contributed by atoms with Crippen molar-refractivity contribution in [3.05, 3.63) is 22.4 Å². The van der Waals surface area contributed by atoms with Gasteiger partial charge in [-0.05, 0) is 23.8 Å². The van der Waals surface area contributed by atoms with Crippen molar-refractivity contribution in [3.8, 4) is 0 Å². The molecule has 0 bridgehead atoms. The van der Waals surface area contributed by atoms with E-state index in [9.17, 15) is 4.79 Å². The largest absolute Gasteiger partial charge is 0.469 e. The number of hydrogen-bond acceptors (Lipinski definition) is 3. The molecule has 0 aliphatic rings. The van der Waals surface area contributed by atoms with E-state index in [2.05, 4.69) is 25.3 Å². The molecule has 1 unspecified atom stereocenters. The second-order valence-corrected chi connectivity index (χ2v) is 5.10. The maximum Gasteiger partial charge on any atom is 0.306 e. The van der Waals surface area contributed by atoms with Gasteiger partial charge in [0.15, 0.2) is 0 Å². The van der Waals surface area contributed by atoms with Crippen LogP contribution in [0.2, 0.25) is 0 Å². The molecule has 0 spiro atoms. The monoisotopic (exact) mass is 226 g/mol. The van der Waals surface area contributed by atoms with Gasteiger partial charge in [0, 0.05) is 10.8 Å². The van der Waals surface area contributed by atoms with Crippen molar-refractivity contribution in [1.29, 1.82) is 0 Å². The van der Waals surface area contributed by atoms with Crippen LogP contribution in [0.4, 0.5) is 0 Å². The summed E-state index contributed by atoms with van der Waals surface area (Å²) < 4.78 is 4.73. The number of rotatable bonds is 5. The molecule has 15 heavy (non-hydrogen) atoms. The predicted octanol–water partition coefficient (Wildman–Crippen LogP) is 3.44. The summed E-state index contributed by atoms with van der Waals surface area (Å²) in [6.07, 6.45) is 1.53. The highest BCUT2D eigenvalue weighted by molar-refractivity contribution is 7.10. The van der Waals surface area contributed by atoms with Gasteiger partial charge < -0.3 is 4.74 Å². The molecule has 2 nitrogen and oxygen atoms in total. The van der Waals surface area contributed by atoms with Gasteiger partial charge in [0.25, 0.3) is 0 Å². The first-order chi connectivity index (χ1) is 7.13. The van der Waals surface area contributed by atoms with Gasteiger partial charge >= 0.3 is 5.97 Å². The van der Waals surface area contributed by atoms with E-state index in [0.717, 1.165) is 6.42 Å². The fourth-order valence-electron chi connectivity index (χ4n) is 1.68. The van der Waals surface area contributed by atoms with Crippen molar-refractivity contribution in [1.82, 2.24) is 0 Å². The van der Waals surface area contributed by atoms with Crippen LogP contribution in [-0.4, -0.2) is 13.1 Å². The Hall–Kier alpha value is -0.830. The van der Waals surface area contributed by atoms with Crippen LogP contribution in [0.25, 0.3) is 0 Å². The second kappa shape index (κ2) is 5.91. The average molecular weight is 226 g/mol. The first kappa shape index (κ1) is 12.2. The molecule has 0 amide bonds. The number of carbonyl (C=O) groups is 1. The minimum atomic E-state index is -0.117. The highest BCUT2D eigenvalue weighted by Crippen LogP contribution is 2.30. The Kier molecular flexibility index (Phi) is 4.82. The zero-order valence-electron chi connectivity index (χ0n) is 9.53. The predicted molar refractivity (Wildman–Crippen MR) is 63.1 cm³/mol. The number of esters is 1. The SMILES string of the molecule is COC(=O)CC(CC(C)C)c1cccs1. The molecule has 0 aliphatic carbocycles. The van der Waals surface area contributed by atoms with Crippen LogP contribution in [0.1, 0.15) is 37.5 Å². The third kappa shape index (κ3) is 4.04. The molecule has 0 saturated heterocycles. The smallest absolute Gasteiger partial charge is 0.306 e. The van der Waals surface area contributed by atoms with E-state index < -0.39 is 0 Å². The Labute approximate surface area is 95.3 Å². The molecule has 0 N–H and O–H groups in total. The molecule has 1 aromatic rings. The molecular weight excluding hydrogens is 208 g/mol. The Morgan fingerprint density at radius 3 is 2.73 bits per heavy atom. The standard InChI is InChI=1S/C12H18O2S/c1-9(2)7-10(8-12(13)14-3)11-5-4-6-15-11/h4-6,9-10H,7-8H2,1-3H3. The fourth-order valence-corrected chi connectivity index (χ4v) is 2.52. The van der Waals surface area contributed by atoms with Crippen LogP contribution < -0.4 is 0 Å². The van der Waals surface area contributed by atoms with E-state index in [0.29, 0.717) is 18.3 Å². The van der Waals surface area contributed by atoms with E-state index >= 15 is 0 Å². The van der Waals surface area contributed by atoms with Crippen LogP contribution in [0.3, 0.4) is 0 Å². The summed E-state index contributed by atoms with van der Waals surface area (Å²) in [6, 6.07) is 4.13. The number of carbonyl (C=O) groups excluding carboxylic acids is 1. The average Bonchev–Trinajstić information content (AvgIpc) is 2.68. The van der Waals surface area contributed by atoms with Gasteiger partial charge in [-0.2, -0.15) is 0 Å². The summed E-state index contributed by atoms with van der Waals surface area (Å²) in [5.41, 5.74) is 0. The van der Waals surface area contributed by atoms with Crippen LogP contribution in [0, 0.1) is 5.92 Å². The maximum atomic E-state index is 11.3. The zero-order chi connectivity index (χ0) is 11.3. The maximum absolute atomic E-state index is 11.3. The molecule has 1 aromatic heterocycles. The summed E-state index contributed by atoms with van der Waals surface area (Å²) in [5.74, 6) is 0.799. The van der Waals surface area contributed by atoms with Crippen LogP contribution >= 0.6 is 11.3 Å². The molecule has 0 fully saturated rings. The summed E-state index contributed by atoms with van der Waals surface area (Å²) in [5, 5.41) is 2.06. The molecule has 1 rings (SSSR count). The molecule has 0 aliphatic heterocycles. The second-order valence-electron chi connectivity index (χ2n) is 4.12. The highest BCUT2D eigenvalue weighted by atomic mass is 32.1. The summed E-state index contributed by atoms with van der Waals surface area (Å²) >= 11 is 1.72. The van der Waals surface area contributed by atoms with Gasteiger partial charge in [-0.3, -0.25) is 4.79 Å². The molecule has 0 aromatic carbocycles. The minimum Gasteiger partial charge on any atom is -0.469 e. The molecular formula is C12H18O2S. The van der Waals surface area contributed by atoms with Crippen LogP contribution in [0.15, 0.2) is 17.5 Å². The lowest BCUT2D eigenvalue weighted by molar-refractivity contribution is -0.141. The number of ether oxygens (including phenoxy) is 1. The third-order valence-electron chi connectivity index (χ3n) is 2.34. The van der Waals surface area contributed by atoms with Crippen LogP contribution in [0.5, 0.6) is 0 Å². The zero-order valence-corrected chi connectivity index (χ0v) is 10.3. The Balaban J connectivity index is 2.65. The number of thiophene rings is 1. The van der Waals surface area contributed by atoms with Gasteiger partial charge in [-0.15, -0.1) is 11.3 Å². The lowest BCUT2D eigenvalue weighted by Gasteiger charge is -2.16. The molecule has 1 atom stereocenters. The van der Waals surface area contributed by atoms with Crippen molar-refractivity contribution in [2.45, 2.75) is 32.6 Å².